The largest absolute Gasteiger partial charge is 0.456 e. The molecule has 0 fully saturated rings. The summed E-state index contributed by atoms with van der Waals surface area (Å²) in [6.07, 6.45) is 0. The van der Waals surface area contributed by atoms with E-state index in [1.165, 1.54) is 37.7 Å². The zero-order chi connectivity index (χ0) is 39.3. The molecule has 0 N–H and O–H groups in total. The van der Waals surface area contributed by atoms with Gasteiger partial charge in [0.2, 0.25) is 0 Å². The molecule has 60 heavy (non-hydrogen) atoms. The number of rotatable bonds is 4. The summed E-state index contributed by atoms with van der Waals surface area (Å²) < 4.78 is 9.09. The predicted molar refractivity (Wildman–Crippen MR) is 248 cm³/mol. The van der Waals surface area contributed by atoms with Crippen molar-refractivity contribution in [3.63, 3.8) is 0 Å². The lowest BCUT2D eigenvalue weighted by molar-refractivity contribution is 0.668. The topological polar surface area (TPSA) is 56.7 Å². The Morgan fingerprint density at radius 3 is 1.80 bits per heavy atom. The number of para-hydroxylation sites is 2. The van der Waals surface area contributed by atoms with E-state index in [1.807, 2.05) is 12.1 Å². The molecule has 13 rings (SSSR count). The van der Waals surface area contributed by atoms with E-state index in [2.05, 4.69) is 187 Å². The van der Waals surface area contributed by atoms with Crippen LogP contribution in [0, 0.1) is 0 Å². The molecule has 10 aromatic carbocycles. The van der Waals surface area contributed by atoms with Crippen molar-refractivity contribution in [1.29, 1.82) is 0 Å². The lowest BCUT2D eigenvalue weighted by atomic mass is 9.99. The average Bonchev–Trinajstić information content (AvgIpc) is 3.85. The standard InChI is InChI=1S/C55H32N4O/c1-2-15-36-30-49-46(29-35(36)14-1)43-19-7-9-22-48(43)59(49)39-31-47(52-45-20-8-10-23-50(45)60-51(52)32-39)55-57-53(56-54(58-55)44-21-11-16-33-12-3-6-18-41(33)44)38-26-27-42-37(28-38)25-24-34-13-4-5-17-40(34)42/h1-32H. The molecule has 0 amide bonds. The number of aromatic nitrogens is 4. The number of hydrogen-bond acceptors (Lipinski definition) is 4. The fourth-order valence-corrected chi connectivity index (χ4v) is 9.40. The molecule has 0 aliphatic carbocycles. The summed E-state index contributed by atoms with van der Waals surface area (Å²) in [7, 11) is 0. The number of hydrogen-bond donors (Lipinski definition) is 0. The number of nitrogens with zero attached hydrogens (tertiary/aromatic N) is 4. The summed E-state index contributed by atoms with van der Waals surface area (Å²) in [5, 5.41) is 13.7. The molecule has 5 heteroatoms. The second kappa shape index (κ2) is 12.7. The van der Waals surface area contributed by atoms with E-state index >= 15 is 0 Å². The van der Waals surface area contributed by atoms with Gasteiger partial charge in [0.25, 0.3) is 0 Å². The molecule has 0 saturated carbocycles. The summed E-state index contributed by atoms with van der Waals surface area (Å²) in [6, 6.07) is 68.6. The molecular weight excluding hydrogens is 733 g/mol. The Labute approximate surface area is 343 Å². The highest BCUT2D eigenvalue weighted by atomic mass is 16.3. The number of fused-ring (bicyclic) bond motifs is 11. The van der Waals surface area contributed by atoms with E-state index in [0.717, 1.165) is 71.5 Å². The third-order valence-electron chi connectivity index (χ3n) is 12.2. The summed E-state index contributed by atoms with van der Waals surface area (Å²) >= 11 is 0. The van der Waals surface area contributed by atoms with Gasteiger partial charge >= 0.3 is 0 Å². The highest BCUT2D eigenvalue weighted by molar-refractivity contribution is 6.16. The van der Waals surface area contributed by atoms with E-state index in [0.29, 0.717) is 17.5 Å². The van der Waals surface area contributed by atoms with E-state index in [9.17, 15) is 0 Å². The molecule has 0 spiro atoms. The van der Waals surface area contributed by atoms with E-state index in [1.54, 1.807) is 0 Å². The normalized spacial score (nSPS) is 12.0. The van der Waals surface area contributed by atoms with Crippen LogP contribution in [-0.4, -0.2) is 19.5 Å². The molecule has 3 aromatic heterocycles. The van der Waals surface area contributed by atoms with Crippen molar-refractivity contribution in [3.05, 3.63) is 194 Å². The molecule has 3 heterocycles. The quantitative estimate of drug-likeness (QED) is 0.167. The van der Waals surface area contributed by atoms with Gasteiger partial charge in [-0.1, -0.05) is 152 Å². The minimum Gasteiger partial charge on any atom is -0.456 e. The molecule has 0 radical (unpaired) electrons. The van der Waals surface area contributed by atoms with E-state index in [4.69, 9.17) is 19.4 Å². The molecule has 13 aromatic rings. The van der Waals surface area contributed by atoms with Gasteiger partial charge in [-0.05, 0) is 79.5 Å². The first-order valence-corrected chi connectivity index (χ1v) is 20.3. The molecular formula is C55H32N4O. The predicted octanol–water partition coefficient (Wildman–Crippen LogP) is 14.5. The zero-order valence-corrected chi connectivity index (χ0v) is 32.2. The van der Waals surface area contributed by atoms with Crippen molar-refractivity contribution in [2.75, 3.05) is 0 Å². The maximum absolute atomic E-state index is 6.73. The zero-order valence-electron chi connectivity index (χ0n) is 32.2. The van der Waals surface area contributed by atoms with Crippen LogP contribution in [0.2, 0.25) is 0 Å². The molecule has 278 valence electrons. The van der Waals surface area contributed by atoms with Crippen LogP contribution in [0.15, 0.2) is 199 Å². The molecule has 0 atom stereocenters. The molecule has 0 aliphatic rings. The Morgan fingerprint density at radius 1 is 0.333 bits per heavy atom. The minimum atomic E-state index is 0.575. The second-order valence-electron chi connectivity index (χ2n) is 15.6. The molecule has 0 saturated heterocycles. The van der Waals surface area contributed by atoms with Crippen molar-refractivity contribution in [2.24, 2.45) is 0 Å². The van der Waals surface area contributed by atoms with Crippen molar-refractivity contribution in [2.45, 2.75) is 0 Å². The highest BCUT2D eigenvalue weighted by Crippen LogP contribution is 2.42. The van der Waals surface area contributed by atoms with Gasteiger partial charge in [0.15, 0.2) is 17.5 Å². The van der Waals surface area contributed by atoms with Gasteiger partial charge in [0, 0.05) is 44.3 Å². The third-order valence-corrected chi connectivity index (χ3v) is 12.2. The molecule has 0 bridgehead atoms. The smallest absolute Gasteiger partial charge is 0.164 e. The third kappa shape index (κ3) is 4.96. The summed E-state index contributed by atoms with van der Waals surface area (Å²) in [5.41, 5.74) is 7.50. The van der Waals surface area contributed by atoms with Crippen molar-refractivity contribution in [3.8, 4) is 39.9 Å². The first-order chi connectivity index (χ1) is 29.7. The van der Waals surface area contributed by atoms with Gasteiger partial charge in [-0.15, -0.1) is 0 Å². The van der Waals surface area contributed by atoms with Gasteiger partial charge in [0.05, 0.1) is 16.7 Å². The van der Waals surface area contributed by atoms with Crippen LogP contribution in [0.4, 0.5) is 0 Å². The Hall–Kier alpha value is -8.15. The van der Waals surface area contributed by atoms with Crippen molar-refractivity contribution >= 4 is 86.8 Å². The minimum absolute atomic E-state index is 0.575. The Bertz CT molecular complexity index is 3910. The van der Waals surface area contributed by atoms with E-state index in [-0.39, 0.29) is 0 Å². The van der Waals surface area contributed by atoms with Crippen LogP contribution in [0.3, 0.4) is 0 Å². The fourth-order valence-electron chi connectivity index (χ4n) is 9.40. The van der Waals surface area contributed by atoms with Gasteiger partial charge in [-0.3, -0.25) is 0 Å². The van der Waals surface area contributed by atoms with Crippen LogP contribution >= 0.6 is 0 Å². The Kier molecular flexibility index (Phi) is 6.95. The maximum Gasteiger partial charge on any atom is 0.164 e. The van der Waals surface area contributed by atoms with E-state index < -0.39 is 0 Å². The van der Waals surface area contributed by atoms with Crippen molar-refractivity contribution < 1.29 is 4.42 Å². The van der Waals surface area contributed by atoms with Gasteiger partial charge in [0.1, 0.15) is 11.2 Å². The first-order valence-electron chi connectivity index (χ1n) is 20.3. The molecule has 5 nitrogen and oxygen atoms in total. The van der Waals surface area contributed by atoms with Crippen LogP contribution in [-0.2, 0) is 0 Å². The van der Waals surface area contributed by atoms with Crippen LogP contribution < -0.4 is 0 Å². The average molecular weight is 765 g/mol. The highest BCUT2D eigenvalue weighted by Gasteiger charge is 2.22. The SMILES string of the molecule is c1ccc2cc3c(cc2c1)c1ccccc1n3-c1cc(-c2nc(-c3ccc4c(ccc5ccccc54)c3)nc(-c3cccc4ccccc34)n2)c2c(c1)oc1ccccc12. The van der Waals surface area contributed by atoms with Crippen LogP contribution in [0.1, 0.15) is 0 Å². The second-order valence-corrected chi connectivity index (χ2v) is 15.6. The molecule has 0 aliphatic heterocycles. The maximum atomic E-state index is 6.73. The molecule has 0 unspecified atom stereocenters. The number of benzene rings is 10. The summed E-state index contributed by atoms with van der Waals surface area (Å²) in [6.45, 7) is 0. The fraction of sp³-hybridized carbons (Fsp3) is 0. The lowest BCUT2D eigenvalue weighted by Crippen LogP contribution is -2.02. The summed E-state index contributed by atoms with van der Waals surface area (Å²) in [5.74, 6) is 1.79. The van der Waals surface area contributed by atoms with Crippen LogP contribution in [0.5, 0.6) is 0 Å². The van der Waals surface area contributed by atoms with Gasteiger partial charge in [-0.2, -0.15) is 0 Å². The monoisotopic (exact) mass is 764 g/mol. The van der Waals surface area contributed by atoms with Gasteiger partial charge < -0.3 is 8.98 Å². The van der Waals surface area contributed by atoms with Crippen LogP contribution in [0.25, 0.3) is 127 Å². The Balaban J connectivity index is 1.12. The summed E-state index contributed by atoms with van der Waals surface area (Å²) in [4.78, 5) is 16.1. The lowest BCUT2D eigenvalue weighted by Gasteiger charge is -2.14. The first kappa shape index (κ1) is 32.9. The Morgan fingerprint density at radius 2 is 0.950 bits per heavy atom. The number of furan rings is 1. The van der Waals surface area contributed by atoms with Gasteiger partial charge in [-0.25, -0.2) is 15.0 Å². The van der Waals surface area contributed by atoms with Crippen molar-refractivity contribution in [1.82, 2.24) is 19.5 Å².